The number of halogens is 3. The largest absolute Gasteiger partial charge is 0.368 e. The molecule has 1 heterocycles. The van der Waals surface area contributed by atoms with Crippen LogP contribution in [0.5, 0.6) is 0 Å². The standard InChI is InChI=1S/C10H7BrClIN4/c11-6-4-15-10(14)17-9(6)16-8-2-1-5(13)3-7(8)12/h1-4H,(H3,14,15,16,17). The fraction of sp³-hybridized carbons (Fsp3) is 0. The van der Waals surface area contributed by atoms with Gasteiger partial charge in [0.1, 0.15) is 5.82 Å². The van der Waals surface area contributed by atoms with Crippen LogP contribution in [-0.2, 0) is 0 Å². The molecule has 1 aromatic carbocycles. The normalized spacial score (nSPS) is 10.3. The number of nitrogens with zero attached hydrogens (tertiary/aromatic N) is 2. The third-order valence-corrected chi connectivity index (χ3v) is 3.51. The number of aromatic nitrogens is 2. The molecular formula is C10H7BrClIN4. The van der Waals surface area contributed by atoms with Gasteiger partial charge >= 0.3 is 0 Å². The Labute approximate surface area is 125 Å². The number of hydrogen-bond donors (Lipinski definition) is 2. The van der Waals surface area contributed by atoms with Gasteiger partial charge in [-0.25, -0.2) is 4.98 Å². The SMILES string of the molecule is Nc1ncc(Br)c(Nc2ccc(I)cc2Cl)n1. The third kappa shape index (κ3) is 3.20. The second-order valence-electron chi connectivity index (χ2n) is 3.17. The van der Waals surface area contributed by atoms with E-state index in [1.807, 2.05) is 18.2 Å². The average Bonchev–Trinajstić information content (AvgIpc) is 2.27. The van der Waals surface area contributed by atoms with Gasteiger partial charge in [0.2, 0.25) is 5.95 Å². The molecule has 0 aliphatic carbocycles. The van der Waals surface area contributed by atoms with Crippen LogP contribution in [0.1, 0.15) is 0 Å². The van der Waals surface area contributed by atoms with Crippen molar-refractivity contribution in [3.8, 4) is 0 Å². The lowest BCUT2D eigenvalue weighted by atomic mass is 10.3. The summed E-state index contributed by atoms with van der Waals surface area (Å²) in [4.78, 5) is 7.94. The van der Waals surface area contributed by atoms with Crippen LogP contribution in [0.4, 0.5) is 17.5 Å². The quantitative estimate of drug-likeness (QED) is 0.718. The second kappa shape index (κ2) is 5.36. The monoisotopic (exact) mass is 424 g/mol. The van der Waals surface area contributed by atoms with Crippen LogP contribution in [0.25, 0.3) is 0 Å². The Bertz CT molecular complexity index is 564. The summed E-state index contributed by atoms with van der Waals surface area (Å²) in [5.74, 6) is 0.790. The highest BCUT2D eigenvalue weighted by Crippen LogP contribution is 2.29. The van der Waals surface area contributed by atoms with Crippen LogP contribution in [0.15, 0.2) is 28.9 Å². The summed E-state index contributed by atoms with van der Waals surface area (Å²) in [6.07, 6.45) is 1.59. The van der Waals surface area contributed by atoms with Gasteiger partial charge in [0.25, 0.3) is 0 Å². The Morgan fingerprint density at radius 1 is 1.41 bits per heavy atom. The van der Waals surface area contributed by atoms with Crippen LogP contribution < -0.4 is 11.1 Å². The van der Waals surface area contributed by atoms with E-state index in [9.17, 15) is 0 Å². The molecule has 2 aromatic rings. The molecule has 0 saturated heterocycles. The predicted octanol–water partition coefficient (Wildman–Crippen LogP) is 3.82. The lowest BCUT2D eigenvalue weighted by Crippen LogP contribution is -2.00. The van der Waals surface area contributed by atoms with E-state index in [2.05, 4.69) is 53.8 Å². The summed E-state index contributed by atoms with van der Waals surface area (Å²) in [6, 6.07) is 5.70. The molecule has 0 aliphatic heterocycles. The molecule has 17 heavy (non-hydrogen) atoms. The molecule has 0 atom stereocenters. The lowest BCUT2D eigenvalue weighted by molar-refractivity contribution is 1.17. The Balaban J connectivity index is 2.34. The smallest absolute Gasteiger partial charge is 0.222 e. The average molecular weight is 425 g/mol. The van der Waals surface area contributed by atoms with Crippen molar-refractivity contribution < 1.29 is 0 Å². The Morgan fingerprint density at radius 2 is 2.18 bits per heavy atom. The van der Waals surface area contributed by atoms with Gasteiger partial charge in [0.05, 0.1) is 15.2 Å². The van der Waals surface area contributed by atoms with Crippen molar-refractivity contribution in [1.29, 1.82) is 0 Å². The van der Waals surface area contributed by atoms with Gasteiger partial charge in [-0.05, 0) is 56.7 Å². The zero-order valence-corrected chi connectivity index (χ0v) is 12.9. The molecule has 88 valence electrons. The number of nitrogens with two attached hydrogens (primary N) is 1. The zero-order valence-electron chi connectivity index (χ0n) is 8.42. The van der Waals surface area contributed by atoms with Crippen LogP contribution in [-0.4, -0.2) is 9.97 Å². The van der Waals surface area contributed by atoms with E-state index in [1.165, 1.54) is 0 Å². The van der Waals surface area contributed by atoms with E-state index >= 15 is 0 Å². The molecule has 1 aromatic heterocycles. The van der Waals surface area contributed by atoms with Crippen LogP contribution >= 0.6 is 50.1 Å². The molecule has 7 heteroatoms. The molecule has 0 unspecified atom stereocenters. The minimum Gasteiger partial charge on any atom is -0.368 e. The first kappa shape index (κ1) is 12.8. The molecule has 0 spiro atoms. The van der Waals surface area contributed by atoms with Crippen molar-refractivity contribution in [2.75, 3.05) is 11.1 Å². The topological polar surface area (TPSA) is 63.8 Å². The maximum Gasteiger partial charge on any atom is 0.222 e. The first-order chi connectivity index (χ1) is 8.06. The van der Waals surface area contributed by atoms with Crippen molar-refractivity contribution >= 4 is 67.6 Å². The molecule has 0 aliphatic rings. The molecular weight excluding hydrogens is 418 g/mol. The van der Waals surface area contributed by atoms with Gasteiger partial charge < -0.3 is 11.1 Å². The van der Waals surface area contributed by atoms with Gasteiger partial charge in [-0.3, -0.25) is 0 Å². The first-order valence-electron chi connectivity index (χ1n) is 4.56. The van der Waals surface area contributed by atoms with Crippen molar-refractivity contribution in [2.45, 2.75) is 0 Å². The molecule has 0 fully saturated rings. The third-order valence-electron chi connectivity index (χ3n) is 1.95. The van der Waals surface area contributed by atoms with E-state index in [1.54, 1.807) is 6.20 Å². The summed E-state index contributed by atoms with van der Waals surface area (Å²) < 4.78 is 1.79. The Kier molecular flexibility index (Phi) is 4.05. The van der Waals surface area contributed by atoms with Gasteiger partial charge in [-0.1, -0.05) is 11.6 Å². The minimum atomic E-state index is 0.206. The van der Waals surface area contributed by atoms with Gasteiger partial charge in [0, 0.05) is 9.77 Å². The summed E-state index contributed by atoms with van der Waals surface area (Å²) in [5, 5.41) is 3.72. The molecule has 0 radical (unpaired) electrons. The fourth-order valence-electron chi connectivity index (χ4n) is 1.19. The highest BCUT2D eigenvalue weighted by molar-refractivity contribution is 14.1. The van der Waals surface area contributed by atoms with Crippen LogP contribution in [0, 0.1) is 3.57 Å². The van der Waals surface area contributed by atoms with Crippen molar-refractivity contribution in [3.63, 3.8) is 0 Å². The van der Waals surface area contributed by atoms with E-state index in [0.29, 0.717) is 10.8 Å². The number of hydrogen-bond acceptors (Lipinski definition) is 4. The summed E-state index contributed by atoms with van der Waals surface area (Å²) in [7, 11) is 0. The number of rotatable bonds is 2. The molecule has 4 nitrogen and oxygen atoms in total. The lowest BCUT2D eigenvalue weighted by Gasteiger charge is -2.09. The zero-order chi connectivity index (χ0) is 12.4. The van der Waals surface area contributed by atoms with Crippen molar-refractivity contribution in [3.05, 3.63) is 37.5 Å². The van der Waals surface area contributed by atoms with E-state index in [-0.39, 0.29) is 5.95 Å². The van der Waals surface area contributed by atoms with Crippen LogP contribution in [0.2, 0.25) is 5.02 Å². The maximum atomic E-state index is 6.11. The minimum absolute atomic E-state index is 0.206. The van der Waals surface area contributed by atoms with Crippen molar-refractivity contribution in [1.82, 2.24) is 9.97 Å². The van der Waals surface area contributed by atoms with E-state index in [4.69, 9.17) is 17.3 Å². The summed E-state index contributed by atoms with van der Waals surface area (Å²) in [6.45, 7) is 0. The fourth-order valence-corrected chi connectivity index (χ4v) is 2.38. The number of benzene rings is 1. The van der Waals surface area contributed by atoms with Gasteiger partial charge in [0.15, 0.2) is 0 Å². The predicted molar refractivity (Wildman–Crippen MR) is 81.6 cm³/mol. The van der Waals surface area contributed by atoms with Crippen molar-refractivity contribution in [2.24, 2.45) is 0 Å². The van der Waals surface area contributed by atoms with E-state index in [0.717, 1.165) is 13.7 Å². The molecule has 3 N–H and O–H groups in total. The second-order valence-corrected chi connectivity index (χ2v) is 5.68. The molecule has 0 amide bonds. The maximum absolute atomic E-state index is 6.11. The van der Waals surface area contributed by atoms with E-state index < -0.39 is 0 Å². The highest BCUT2D eigenvalue weighted by Gasteiger charge is 2.06. The molecule has 2 rings (SSSR count). The number of nitrogen functional groups attached to an aromatic ring is 1. The highest BCUT2D eigenvalue weighted by atomic mass is 127. The number of anilines is 3. The first-order valence-corrected chi connectivity index (χ1v) is 6.81. The Hall–Kier alpha value is -0.600. The van der Waals surface area contributed by atoms with Gasteiger partial charge in [-0.2, -0.15) is 4.98 Å². The number of nitrogens with one attached hydrogen (secondary N) is 1. The molecule has 0 bridgehead atoms. The summed E-state index contributed by atoms with van der Waals surface area (Å²) >= 11 is 11.7. The molecule has 0 saturated carbocycles. The Morgan fingerprint density at radius 3 is 2.88 bits per heavy atom. The van der Waals surface area contributed by atoms with Crippen LogP contribution in [0.3, 0.4) is 0 Å². The van der Waals surface area contributed by atoms with Gasteiger partial charge in [-0.15, -0.1) is 0 Å². The summed E-state index contributed by atoms with van der Waals surface area (Å²) in [5.41, 5.74) is 6.30.